The molecule has 4 heteroatoms. The number of furan rings is 1. The van der Waals surface area contributed by atoms with E-state index in [0.29, 0.717) is 12.5 Å². The summed E-state index contributed by atoms with van der Waals surface area (Å²) >= 11 is 0. The molecule has 0 saturated carbocycles. The summed E-state index contributed by atoms with van der Waals surface area (Å²) in [7, 11) is 0. The third-order valence-electron chi connectivity index (χ3n) is 3.04. The SMILES string of the molecule is NC(=O)CCCNC1CCCc2occc21. The van der Waals surface area contributed by atoms with Gasteiger partial charge in [-0.3, -0.25) is 4.79 Å². The van der Waals surface area contributed by atoms with Crippen molar-refractivity contribution in [2.24, 2.45) is 5.73 Å². The van der Waals surface area contributed by atoms with Crippen molar-refractivity contribution in [3.63, 3.8) is 0 Å². The normalized spacial score (nSPS) is 19.4. The Labute approximate surface area is 95.2 Å². The van der Waals surface area contributed by atoms with Gasteiger partial charge >= 0.3 is 0 Å². The van der Waals surface area contributed by atoms with Gasteiger partial charge in [0, 0.05) is 24.4 Å². The predicted octanol–water partition coefficient (Wildman–Crippen LogP) is 1.51. The summed E-state index contributed by atoms with van der Waals surface area (Å²) < 4.78 is 5.42. The molecule has 1 aliphatic carbocycles. The third-order valence-corrected chi connectivity index (χ3v) is 3.04. The summed E-state index contributed by atoms with van der Waals surface area (Å²) in [5.74, 6) is 0.882. The molecule has 4 nitrogen and oxygen atoms in total. The zero-order valence-corrected chi connectivity index (χ0v) is 9.37. The van der Waals surface area contributed by atoms with Crippen LogP contribution in [-0.4, -0.2) is 12.5 Å². The van der Waals surface area contributed by atoms with Gasteiger partial charge in [0.15, 0.2) is 0 Å². The number of carbonyl (C=O) groups excluding carboxylic acids is 1. The van der Waals surface area contributed by atoms with Gasteiger partial charge in [-0.2, -0.15) is 0 Å². The minimum absolute atomic E-state index is 0.227. The van der Waals surface area contributed by atoms with Crippen molar-refractivity contribution in [2.75, 3.05) is 6.54 Å². The molecular weight excluding hydrogens is 204 g/mol. The molecule has 0 spiro atoms. The first-order valence-electron chi connectivity index (χ1n) is 5.85. The fourth-order valence-corrected chi connectivity index (χ4v) is 2.24. The Kier molecular flexibility index (Phi) is 3.62. The molecule has 1 aromatic rings. The lowest BCUT2D eigenvalue weighted by atomic mass is 9.93. The summed E-state index contributed by atoms with van der Waals surface area (Å²) in [5.41, 5.74) is 6.37. The van der Waals surface area contributed by atoms with Gasteiger partial charge < -0.3 is 15.5 Å². The number of hydrogen-bond acceptors (Lipinski definition) is 3. The minimum Gasteiger partial charge on any atom is -0.469 e. The van der Waals surface area contributed by atoms with Gasteiger partial charge in [0.2, 0.25) is 5.91 Å². The molecule has 1 aromatic heterocycles. The largest absolute Gasteiger partial charge is 0.469 e. The van der Waals surface area contributed by atoms with Crippen LogP contribution in [0.3, 0.4) is 0 Å². The Bertz CT molecular complexity index is 360. The van der Waals surface area contributed by atoms with Gasteiger partial charge in [0.25, 0.3) is 0 Å². The summed E-state index contributed by atoms with van der Waals surface area (Å²) in [5, 5.41) is 3.45. The molecule has 16 heavy (non-hydrogen) atoms. The van der Waals surface area contributed by atoms with Gasteiger partial charge in [0.05, 0.1) is 6.26 Å². The van der Waals surface area contributed by atoms with Crippen LogP contribution in [-0.2, 0) is 11.2 Å². The lowest BCUT2D eigenvalue weighted by molar-refractivity contribution is -0.118. The monoisotopic (exact) mass is 222 g/mol. The molecule has 0 saturated heterocycles. The van der Waals surface area contributed by atoms with E-state index in [-0.39, 0.29) is 5.91 Å². The minimum atomic E-state index is -0.227. The first-order valence-corrected chi connectivity index (χ1v) is 5.85. The molecule has 1 atom stereocenters. The average Bonchev–Trinajstić information content (AvgIpc) is 2.72. The molecule has 0 aliphatic heterocycles. The lowest BCUT2D eigenvalue weighted by Crippen LogP contribution is -2.26. The van der Waals surface area contributed by atoms with Crippen LogP contribution in [0.4, 0.5) is 0 Å². The first kappa shape index (κ1) is 11.2. The molecule has 0 aromatic carbocycles. The summed E-state index contributed by atoms with van der Waals surface area (Å²) in [4.78, 5) is 10.6. The number of aryl methyl sites for hydroxylation is 1. The lowest BCUT2D eigenvalue weighted by Gasteiger charge is -2.22. The third kappa shape index (κ3) is 2.64. The highest BCUT2D eigenvalue weighted by molar-refractivity contribution is 5.73. The van der Waals surface area contributed by atoms with Crippen LogP contribution in [0.2, 0.25) is 0 Å². The van der Waals surface area contributed by atoms with Crippen LogP contribution in [0.1, 0.15) is 43.0 Å². The second-order valence-electron chi connectivity index (χ2n) is 4.27. The van der Waals surface area contributed by atoms with Crippen molar-refractivity contribution in [3.05, 3.63) is 23.7 Å². The van der Waals surface area contributed by atoms with Crippen LogP contribution in [0, 0.1) is 0 Å². The number of amides is 1. The van der Waals surface area contributed by atoms with E-state index in [0.717, 1.165) is 38.0 Å². The van der Waals surface area contributed by atoms with Gasteiger partial charge in [0.1, 0.15) is 5.76 Å². The van der Waals surface area contributed by atoms with E-state index >= 15 is 0 Å². The van der Waals surface area contributed by atoms with Crippen molar-refractivity contribution < 1.29 is 9.21 Å². The van der Waals surface area contributed by atoms with E-state index in [1.54, 1.807) is 6.26 Å². The van der Waals surface area contributed by atoms with Crippen molar-refractivity contribution in [1.29, 1.82) is 0 Å². The maximum absolute atomic E-state index is 10.6. The molecule has 1 aliphatic rings. The Balaban J connectivity index is 1.81. The fraction of sp³-hybridized carbons (Fsp3) is 0.583. The molecule has 88 valence electrons. The Morgan fingerprint density at radius 3 is 3.31 bits per heavy atom. The van der Waals surface area contributed by atoms with Crippen LogP contribution in [0.15, 0.2) is 16.7 Å². The van der Waals surface area contributed by atoms with Crippen LogP contribution >= 0.6 is 0 Å². The van der Waals surface area contributed by atoms with Crippen LogP contribution < -0.4 is 11.1 Å². The maximum Gasteiger partial charge on any atom is 0.217 e. The van der Waals surface area contributed by atoms with Gasteiger partial charge in [-0.15, -0.1) is 0 Å². The van der Waals surface area contributed by atoms with E-state index < -0.39 is 0 Å². The number of hydrogen-bond donors (Lipinski definition) is 2. The molecule has 0 radical (unpaired) electrons. The number of carbonyl (C=O) groups is 1. The number of fused-ring (bicyclic) bond motifs is 1. The average molecular weight is 222 g/mol. The van der Waals surface area contributed by atoms with E-state index in [1.807, 2.05) is 6.07 Å². The first-order chi connectivity index (χ1) is 7.77. The zero-order chi connectivity index (χ0) is 11.4. The maximum atomic E-state index is 10.6. The summed E-state index contributed by atoms with van der Waals surface area (Å²) in [6, 6.07) is 2.43. The number of primary amides is 1. The molecule has 1 amide bonds. The topological polar surface area (TPSA) is 68.3 Å². The Morgan fingerprint density at radius 1 is 1.62 bits per heavy atom. The van der Waals surface area contributed by atoms with Crippen molar-refractivity contribution >= 4 is 5.91 Å². The Hall–Kier alpha value is -1.29. The highest BCUT2D eigenvalue weighted by Gasteiger charge is 2.21. The standard InChI is InChI=1S/C12H18N2O2/c13-12(15)5-2-7-14-10-3-1-4-11-9(10)6-8-16-11/h6,8,10,14H,1-5,7H2,(H2,13,15). The predicted molar refractivity (Wildman–Crippen MR) is 60.8 cm³/mol. The number of nitrogens with two attached hydrogens (primary N) is 1. The molecule has 1 unspecified atom stereocenters. The van der Waals surface area contributed by atoms with Crippen molar-refractivity contribution in [2.45, 2.75) is 38.1 Å². The van der Waals surface area contributed by atoms with Gasteiger partial charge in [-0.1, -0.05) is 0 Å². The van der Waals surface area contributed by atoms with Crippen molar-refractivity contribution in [1.82, 2.24) is 5.32 Å². The van der Waals surface area contributed by atoms with Crippen molar-refractivity contribution in [3.8, 4) is 0 Å². The molecule has 0 fully saturated rings. The van der Waals surface area contributed by atoms with Gasteiger partial charge in [-0.05, 0) is 31.9 Å². The molecular formula is C12H18N2O2. The van der Waals surface area contributed by atoms with E-state index in [4.69, 9.17) is 10.2 Å². The zero-order valence-electron chi connectivity index (χ0n) is 9.37. The van der Waals surface area contributed by atoms with Crippen LogP contribution in [0.25, 0.3) is 0 Å². The summed E-state index contributed by atoms with van der Waals surface area (Å²) in [6.45, 7) is 0.832. The smallest absolute Gasteiger partial charge is 0.217 e. The van der Waals surface area contributed by atoms with E-state index in [2.05, 4.69) is 5.32 Å². The van der Waals surface area contributed by atoms with Crippen LogP contribution in [0.5, 0.6) is 0 Å². The van der Waals surface area contributed by atoms with E-state index in [9.17, 15) is 4.79 Å². The quantitative estimate of drug-likeness (QED) is 0.742. The molecule has 0 bridgehead atoms. The number of nitrogens with one attached hydrogen (secondary N) is 1. The number of rotatable bonds is 5. The van der Waals surface area contributed by atoms with E-state index in [1.165, 1.54) is 5.56 Å². The Morgan fingerprint density at radius 2 is 2.50 bits per heavy atom. The molecule has 2 rings (SSSR count). The molecule has 1 heterocycles. The second-order valence-corrected chi connectivity index (χ2v) is 4.27. The fourth-order valence-electron chi connectivity index (χ4n) is 2.24. The highest BCUT2D eigenvalue weighted by atomic mass is 16.3. The van der Waals surface area contributed by atoms with Gasteiger partial charge in [-0.25, -0.2) is 0 Å². The highest BCUT2D eigenvalue weighted by Crippen LogP contribution is 2.30. The summed E-state index contributed by atoms with van der Waals surface area (Å²) in [6.07, 6.45) is 6.37. The molecule has 3 N–H and O–H groups in total. The second kappa shape index (κ2) is 5.16.